The fourth-order valence-corrected chi connectivity index (χ4v) is 1.90. The molecule has 1 atom stereocenters. The smallest absolute Gasteiger partial charge is 0.237 e. The monoisotopic (exact) mass is 285 g/mol. The highest BCUT2D eigenvalue weighted by Crippen LogP contribution is 2.16. The van der Waals surface area contributed by atoms with Crippen molar-refractivity contribution in [1.82, 2.24) is 9.80 Å². The van der Waals surface area contributed by atoms with Gasteiger partial charge in [0.05, 0.1) is 6.54 Å². The number of nitrogens with zero attached hydrogens (tertiary/aromatic N) is 2. The normalized spacial score (nSPS) is 19.2. The number of hydrogen-bond donors (Lipinski definition) is 1. The molecule has 1 fully saturated rings. The van der Waals surface area contributed by atoms with Crippen molar-refractivity contribution in [2.24, 2.45) is 5.73 Å². The van der Waals surface area contributed by atoms with Crippen molar-refractivity contribution in [2.45, 2.75) is 38.8 Å². The third-order valence-corrected chi connectivity index (χ3v) is 3.24. The van der Waals surface area contributed by atoms with E-state index in [0.717, 1.165) is 19.4 Å². The zero-order valence-electron chi connectivity index (χ0n) is 10.9. The highest BCUT2D eigenvalue weighted by molar-refractivity contribution is 5.85. The summed E-state index contributed by atoms with van der Waals surface area (Å²) in [6.07, 6.45) is 2.16. The molecule has 1 aliphatic heterocycles. The molecule has 1 amide bonds. The lowest BCUT2D eigenvalue weighted by Gasteiger charge is -2.27. The van der Waals surface area contributed by atoms with Gasteiger partial charge >= 0.3 is 0 Å². The van der Waals surface area contributed by atoms with E-state index in [2.05, 4.69) is 18.7 Å². The predicted octanol–water partition coefficient (Wildman–Crippen LogP) is 1.12. The molecule has 6 heteroatoms. The first kappa shape index (κ1) is 19.3. The van der Waals surface area contributed by atoms with Gasteiger partial charge in [0.15, 0.2) is 0 Å². The zero-order valence-corrected chi connectivity index (χ0v) is 12.5. The average molecular weight is 286 g/mol. The Morgan fingerprint density at radius 2 is 2.06 bits per heavy atom. The molecule has 0 aliphatic carbocycles. The SMILES string of the molecule is CC(C)N(C)CC(=O)N1CCCC1CN.Cl.Cl. The average Bonchev–Trinajstić information content (AvgIpc) is 2.64. The van der Waals surface area contributed by atoms with Gasteiger partial charge < -0.3 is 10.6 Å². The number of nitrogens with two attached hydrogens (primary N) is 1. The van der Waals surface area contributed by atoms with Crippen molar-refractivity contribution in [3.63, 3.8) is 0 Å². The minimum absolute atomic E-state index is 0. The van der Waals surface area contributed by atoms with Gasteiger partial charge in [0.2, 0.25) is 5.91 Å². The molecule has 0 radical (unpaired) electrons. The summed E-state index contributed by atoms with van der Waals surface area (Å²) in [7, 11) is 1.98. The number of carbonyl (C=O) groups is 1. The van der Waals surface area contributed by atoms with Gasteiger partial charge in [0.25, 0.3) is 0 Å². The second-order valence-corrected chi connectivity index (χ2v) is 4.63. The van der Waals surface area contributed by atoms with Crippen molar-refractivity contribution >= 4 is 30.7 Å². The maximum atomic E-state index is 12.0. The van der Waals surface area contributed by atoms with Crippen LogP contribution in [0.1, 0.15) is 26.7 Å². The van der Waals surface area contributed by atoms with Crippen LogP contribution in [0.25, 0.3) is 0 Å². The second kappa shape index (κ2) is 8.97. The molecule has 0 aromatic carbocycles. The van der Waals surface area contributed by atoms with Crippen molar-refractivity contribution in [1.29, 1.82) is 0 Å². The van der Waals surface area contributed by atoms with Crippen LogP contribution in [0.15, 0.2) is 0 Å². The Morgan fingerprint density at radius 1 is 1.47 bits per heavy atom. The topological polar surface area (TPSA) is 49.6 Å². The largest absolute Gasteiger partial charge is 0.337 e. The fraction of sp³-hybridized carbons (Fsp3) is 0.909. The van der Waals surface area contributed by atoms with E-state index in [1.165, 1.54) is 0 Å². The summed E-state index contributed by atoms with van der Waals surface area (Å²) < 4.78 is 0. The third kappa shape index (κ3) is 5.42. The number of hydrogen-bond acceptors (Lipinski definition) is 3. The van der Waals surface area contributed by atoms with E-state index in [0.29, 0.717) is 19.1 Å². The number of amides is 1. The van der Waals surface area contributed by atoms with Crippen LogP contribution >= 0.6 is 24.8 Å². The number of halogens is 2. The Morgan fingerprint density at radius 3 is 2.53 bits per heavy atom. The summed E-state index contributed by atoms with van der Waals surface area (Å²) in [4.78, 5) is 16.0. The van der Waals surface area contributed by atoms with Crippen LogP contribution in [0.4, 0.5) is 0 Å². The summed E-state index contributed by atoms with van der Waals surface area (Å²) in [5.74, 6) is 0.221. The van der Waals surface area contributed by atoms with Gasteiger partial charge in [0.1, 0.15) is 0 Å². The molecule has 0 aromatic rings. The van der Waals surface area contributed by atoms with Gasteiger partial charge in [0, 0.05) is 25.2 Å². The molecule has 17 heavy (non-hydrogen) atoms. The molecule has 0 aromatic heterocycles. The highest BCUT2D eigenvalue weighted by atomic mass is 35.5. The summed E-state index contributed by atoms with van der Waals surface area (Å²) in [6.45, 7) is 6.17. The molecule has 1 unspecified atom stereocenters. The van der Waals surface area contributed by atoms with Crippen molar-refractivity contribution < 1.29 is 4.79 Å². The Hall–Kier alpha value is -0.0300. The molecule has 2 N–H and O–H groups in total. The molecular weight excluding hydrogens is 261 g/mol. The lowest BCUT2D eigenvalue weighted by Crippen LogP contribution is -2.45. The molecule has 4 nitrogen and oxygen atoms in total. The van der Waals surface area contributed by atoms with E-state index in [1.54, 1.807) is 0 Å². The Labute approximate surface area is 117 Å². The summed E-state index contributed by atoms with van der Waals surface area (Å²) in [6, 6.07) is 0.686. The van der Waals surface area contributed by atoms with Crippen molar-refractivity contribution in [3.05, 3.63) is 0 Å². The molecule has 1 rings (SSSR count). The van der Waals surface area contributed by atoms with Crippen LogP contribution < -0.4 is 5.73 Å². The van der Waals surface area contributed by atoms with E-state index in [1.807, 2.05) is 11.9 Å². The number of likely N-dealkylation sites (N-methyl/N-ethyl adjacent to an activating group) is 1. The van der Waals surface area contributed by atoms with Crippen LogP contribution in [0.2, 0.25) is 0 Å². The van der Waals surface area contributed by atoms with E-state index in [4.69, 9.17) is 5.73 Å². The summed E-state index contributed by atoms with van der Waals surface area (Å²) in [5.41, 5.74) is 5.65. The second-order valence-electron chi connectivity index (χ2n) is 4.63. The first-order valence-corrected chi connectivity index (χ1v) is 5.76. The van der Waals surface area contributed by atoms with Gasteiger partial charge in [-0.3, -0.25) is 9.69 Å². The van der Waals surface area contributed by atoms with E-state index >= 15 is 0 Å². The first-order valence-electron chi connectivity index (χ1n) is 5.76. The Bertz CT molecular complexity index is 227. The predicted molar refractivity (Wildman–Crippen MR) is 76.1 cm³/mol. The Balaban J connectivity index is 0. The number of likely N-dealkylation sites (tertiary alicyclic amines) is 1. The van der Waals surface area contributed by atoms with Gasteiger partial charge in [-0.2, -0.15) is 0 Å². The molecule has 1 aliphatic rings. The van der Waals surface area contributed by atoms with Gasteiger partial charge in [-0.05, 0) is 33.7 Å². The third-order valence-electron chi connectivity index (χ3n) is 3.24. The maximum absolute atomic E-state index is 12.0. The highest BCUT2D eigenvalue weighted by Gasteiger charge is 2.27. The minimum atomic E-state index is 0. The molecule has 104 valence electrons. The Kier molecular flexibility index (Phi) is 10.2. The minimum Gasteiger partial charge on any atom is -0.337 e. The number of carbonyl (C=O) groups excluding carboxylic acids is 1. The molecular formula is C11H25Cl2N3O. The van der Waals surface area contributed by atoms with Gasteiger partial charge in [-0.1, -0.05) is 0 Å². The molecule has 0 bridgehead atoms. The van der Waals surface area contributed by atoms with Crippen LogP contribution in [-0.4, -0.2) is 54.5 Å². The summed E-state index contributed by atoms with van der Waals surface area (Å²) >= 11 is 0. The van der Waals surface area contributed by atoms with Crippen molar-refractivity contribution in [3.8, 4) is 0 Å². The molecule has 0 spiro atoms. The maximum Gasteiger partial charge on any atom is 0.237 e. The quantitative estimate of drug-likeness (QED) is 0.842. The van der Waals surface area contributed by atoms with Crippen molar-refractivity contribution in [2.75, 3.05) is 26.7 Å². The summed E-state index contributed by atoms with van der Waals surface area (Å²) in [5, 5.41) is 0. The van der Waals surface area contributed by atoms with Crippen LogP contribution in [0.5, 0.6) is 0 Å². The first-order chi connectivity index (χ1) is 7.06. The van der Waals surface area contributed by atoms with Gasteiger partial charge in [-0.25, -0.2) is 0 Å². The molecule has 0 saturated carbocycles. The van der Waals surface area contributed by atoms with Crippen LogP contribution in [0, 0.1) is 0 Å². The number of rotatable bonds is 4. The van der Waals surface area contributed by atoms with Gasteiger partial charge in [-0.15, -0.1) is 24.8 Å². The fourth-order valence-electron chi connectivity index (χ4n) is 1.90. The van der Waals surface area contributed by atoms with E-state index < -0.39 is 0 Å². The standard InChI is InChI=1S/C11H23N3O.2ClH/c1-9(2)13(3)8-11(15)14-6-4-5-10(14)7-12;;/h9-10H,4-8,12H2,1-3H3;2*1H. The van der Waals surface area contributed by atoms with Crippen LogP contribution in [-0.2, 0) is 4.79 Å². The molecule has 1 saturated heterocycles. The van der Waals surface area contributed by atoms with Crippen LogP contribution in [0.3, 0.4) is 0 Å². The van der Waals surface area contributed by atoms with E-state index in [9.17, 15) is 4.79 Å². The molecule has 1 heterocycles. The van der Waals surface area contributed by atoms with E-state index in [-0.39, 0.29) is 36.8 Å². The lowest BCUT2D eigenvalue weighted by molar-refractivity contribution is -0.133. The zero-order chi connectivity index (χ0) is 11.4. The lowest BCUT2D eigenvalue weighted by atomic mass is 10.2.